The summed E-state index contributed by atoms with van der Waals surface area (Å²) in [6.07, 6.45) is 0. The van der Waals surface area contributed by atoms with Gasteiger partial charge in [-0.05, 0) is 12.1 Å². The zero-order valence-electron chi connectivity index (χ0n) is 6.61. The van der Waals surface area contributed by atoms with E-state index in [1.54, 1.807) is 0 Å². The van der Waals surface area contributed by atoms with Crippen LogP contribution in [0.4, 0.5) is 8.78 Å². The topological polar surface area (TPSA) is 26.3 Å². The largest absolute Gasteiger partial charge is 0.465 e. The minimum Gasteiger partial charge on any atom is -0.465 e. The summed E-state index contributed by atoms with van der Waals surface area (Å²) in [4.78, 5) is 10.9. The summed E-state index contributed by atoms with van der Waals surface area (Å²) >= 11 is 5.36. The molecule has 0 fully saturated rings. The summed E-state index contributed by atoms with van der Waals surface area (Å²) in [5.41, 5.74) is -0.579. The summed E-state index contributed by atoms with van der Waals surface area (Å²) in [5, 5.41) is -0.563. The number of ether oxygens (including phenoxy) is 1. The number of halogens is 3. The predicted molar refractivity (Wildman–Crippen MR) is 42.7 cm³/mol. The molecule has 0 aliphatic rings. The highest BCUT2D eigenvalue weighted by atomic mass is 35.5. The molecule has 1 rings (SSSR count). The molecular weight excluding hydrogens is 202 g/mol. The molecule has 0 spiro atoms. The Balaban J connectivity index is 3.33. The maximum Gasteiger partial charge on any atom is 0.342 e. The average Bonchev–Trinajstić information content (AvgIpc) is 2.12. The molecule has 0 amide bonds. The van der Waals surface area contributed by atoms with Crippen molar-refractivity contribution in [1.29, 1.82) is 0 Å². The number of hydrogen-bond acceptors (Lipinski definition) is 2. The van der Waals surface area contributed by atoms with E-state index >= 15 is 0 Å². The summed E-state index contributed by atoms with van der Waals surface area (Å²) in [6.45, 7) is 0. The summed E-state index contributed by atoms with van der Waals surface area (Å²) in [7, 11) is 1.06. The lowest BCUT2D eigenvalue weighted by Crippen LogP contribution is -2.06. The Morgan fingerprint density at radius 2 is 1.92 bits per heavy atom. The van der Waals surface area contributed by atoms with Crippen LogP contribution in [0.3, 0.4) is 0 Å². The van der Waals surface area contributed by atoms with Gasteiger partial charge in [-0.1, -0.05) is 11.6 Å². The van der Waals surface area contributed by atoms with Crippen molar-refractivity contribution in [3.8, 4) is 0 Å². The zero-order chi connectivity index (χ0) is 10.0. The molecule has 2 nitrogen and oxygen atoms in total. The molecule has 0 saturated heterocycles. The van der Waals surface area contributed by atoms with Crippen LogP contribution in [-0.4, -0.2) is 13.1 Å². The van der Waals surface area contributed by atoms with Crippen molar-refractivity contribution in [2.45, 2.75) is 0 Å². The Kier molecular flexibility index (Phi) is 2.83. The molecule has 1 aromatic rings. The van der Waals surface area contributed by atoms with Crippen molar-refractivity contribution in [2.75, 3.05) is 7.11 Å². The molecule has 0 atom stereocenters. The van der Waals surface area contributed by atoms with E-state index in [0.29, 0.717) is 0 Å². The fraction of sp³-hybridized carbons (Fsp3) is 0.125. The Hall–Kier alpha value is -1.16. The lowest BCUT2D eigenvalue weighted by atomic mass is 10.2. The fourth-order valence-electron chi connectivity index (χ4n) is 0.816. The quantitative estimate of drug-likeness (QED) is 0.521. The van der Waals surface area contributed by atoms with Crippen molar-refractivity contribution in [3.05, 3.63) is 34.4 Å². The lowest BCUT2D eigenvalue weighted by molar-refractivity contribution is 0.0595. The first-order valence-electron chi connectivity index (χ1n) is 3.29. The Morgan fingerprint density at radius 1 is 1.38 bits per heavy atom. The summed E-state index contributed by atoms with van der Waals surface area (Å²) < 4.78 is 29.9. The van der Waals surface area contributed by atoms with E-state index in [9.17, 15) is 13.6 Å². The minimum atomic E-state index is -0.998. The van der Waals surface area contributed by atoms with Gasteiger partial charge in [0.2, 0.25) is 0 Å². The van der Waals surface area contributed by atoms with E-state index in [0.717, 1.165) is 19.2 Å². The van der Waals surface area contributed by atoms with Crippen LogP contribution in [0, 0.1) is 11.6 Å². The number of benzene rings is 1. The second kappa shape index (κ2) is 3.70. The van der Waals surface area contributed by atoms with Crippen LogP contribution in [0.2, 0.25) is 5.02 Å². The fourth-order valence-corrected chi connectivity index (χ4v) is 1.05. The van der Waals surface area contributed by atoms with Crippen LogP contribution >= 0.6 is 11.6 Å². The first kappa shape index (κ1) is 9.92. The normalized spacial score (nSPS) is 9.85. The molecule has 0 unspecified atom stereocenters. The van der Waals surface area contributed by atoms with Crippen LogP contribution < -0.4 is 0 Å². The van der Waals surface area contributed by atoms with Crippen molar-refractivity contribution in [3.63, 3.8) is 0 Å². The van der Waals surface area contributed by atoms with Crippen LogP contribution in [0.25, 0.3) is 0 Å². The molecule has 0 aliphatic carbocycles. The molecule has 1 aromatic carbocycles. The number of esters is 1. The highest BCUT2D eigenvalue weighted by Gasteiger charge is 2.19. The van der Waals surface area contributed by atoms with Gasteiger partial charge in [0.1, 0.15) is 17.2 Å². The number of carbonyl (C=O) groups excluding carboxylic acids is 1. The van der Waals surface area contributed by atoms with Gasteiger partial charge >= 0.3 is 5.97 Å². The summed E-state index contributed by atoms with van der Waals surface area (Å²) in [6, 6.07) is 1.65. The molecular formula is C8H5ClF2O2. The van der Waals surface area contributed by atoms with E-state index in [-0.39, 0.29) is 0 Å². The standard InChI is InChI=1S/C8H5ClF2O2/c1-13-8(12)6-4(10)2-3-5(11)7(6)9/h2-3H,1H3. The highest BCUT2D eigenvalue weighted by molar-refractivity contribution is 6.33. The number of hydrogen-bond donors (Lipinski definition) is 0. The third-order valence-electron chi connectivity index (χ3n) is 1.43. The predicted octanol–water partition coefficient (Wildman–Crippen LogP) is 2.40. The van der Waals surface area contributed by atoms with Crippen LogP contribution in [0.15, 0.2) is 12.1 Å². The van der Waals surface area contributed by atoms with E-state index in [1.807, 2.05) is 0 Å². The Morgan fingerprint density at radius 3 is 2.46 bits per heavy atom. The van der Waals surface area contributed by atoms with Crippen molar-refractivity contribution in [2.24, 2.45) is 0 Å². The minimum absolute atomic E-state index is 0.563. The molecule has 0 radical (unpaired) electrons. The molecule has 13 heavy (non-hydrogen) atoms. The molecule has 0 saturated carbocycles. The third kappa shape index (κ3) is 1.78. The van der Waals surface area contributed by atoms with E-state index in [4.69, 9.17) is 11.6 Å². The highest BCUT2D eigenvalue weighted by Crippen LogP contribution is 2.23. The van der Waals surface area contributed by atoms with Crippen LogP contribution in [-0.2, 0) is 4.74 Å². The van der Waals surface area contributed by atoms with E-state index in [1.165, 1.54) is 0 Å². The van der Waals surface area contributed by atoms with Gasteiger partial charge in [-0.15, -0.1) is 0 Å². The SMILES string of the molecule is COC(=O)c1c(F)ccc(F)c1Cl. The first-order chi connectivity index (χ1) is 6.07. The average molecular weight is 207 g/mol. The monoisotopic (exact) mass is 206 g/mol. The van der Waals surface area contributed by atoms with Gasteiger partial charge in [-0.3, -0.25) is 0 Å². The molecule has 0 aliphatic heterocycles. The Bertz CT molecular complexity index is 352. The van der Waals surface area contributed by atoms with Crippen molar-refractivity contribution < 1.29 is 18.3 Å². The number of rotatable bonds is 1. The third-order valence-corrected chi connectivity index (χ3v) is 1.80. The maximum atomic E-state index is 12.9. The first-order valence-corrected chi connectivity index (χ1v) is 3.67. The van der Waals surface area contributed by atoms with Gasteiger partial charge in [0.15, 0.2) is 0 Å². The van der Waals surface area contributed by atoms with Gasteiger partial charge in [0.25, 0.3) is 0 Å². The van der Waals surface area contributed by atoms with Gasteiger partial charge in [-0.2, -0.15) is 0 Å². The molecule has 5 heteroatoms. The second-order valence-corrected chi connectivity index (χ2v) is 2.59. The summed E-state index contributed by atoms with van der Waals surface area (Å²) in [5.74, 6) is -2.76. The van der Waals surface area contributed by atoms with Crippen LogP contribution in [0.1, 0.15) is 10.4 Å². The van der Waals surface area contributed by atoms with E-state index < -0.39 is 28.2 Å². The molecule has 0 N–H and O–H groups in total. The molecule has 0 heterocycles. The Labute approximate surface area is 78.1 Å². The van der Waals surface area contributed by atoms with Gasteiger partial charge in [0, 0.05) is 0 Å². The molecule has 0 bridgehead atoms. The number of methoxy groups -OCH3 is 1. The second-order valence-electron chi connectivity index (χ2n) is 2.21. The van der Waals surface area contributed by atoms with Crippen molar-refractivity contribution >= 4 is 17.6 Å². The number of carbonyl (C=O) groups is 1. The van der Waals surface area contributed by atoms with Gasteiger partial charge in [-0.25, -0.2) is 13.6 Å². The molecule has 70 valence electrons. The van der Waals surface area contributed by atoms with E-state index in [2.05, 4.69) is 4.74 Å². The van der Waals surface area contributed by atoms with Crippen LogP contribution in [0.5, 0.6) is 0 Å². The molecule has 0 aromatic heterocycles. The maximum absolute atomic E-state index is 12.9. The van der Waals surface area contributed by atoms with Crippen molar-refractivity contribution in [1.82, 2.24) is 0 Å². The lowest BCUT2D eigenvalue weighted by Gasteiger charge is -2.03. The van der Waals surface area contributed by atoms with Gasteiger partial charge in [0.05, 0.1) is 12.1 Å². The zero-order valence-corrected chi connectivity index (χ0v) is 7.36. The van der Waals surface area contributed by atoms with Gasteiger partial charge < -0.3 is 4.74 Å². The smallest absolute Gasteiger partial charge is 0.342 e.